The summed E-state index contributed by atoms with van der Waals surface area (Å²) in [6.07, 6.45) is 1.09. The monoisotopic (exact) mass is 461 g/mol. The zero-order chi connectivity index (χ0) is 24.0. The first-order valence-electron chi connectivity index (χ1n) is 11.4. The SMILES string of the molecule is CCOCCOc1cccc(NC(=O)CNc2cccc(NC(=O)CCc3ccccc3)c2)c1. The highest BCUT2D eigenvalue weighted by molar-refractivity contribution is 5.94. The Bertz CT molecular complexity index is 1060. The van der Waals surface area contributed by atoms with E-state index in [-0.39, 0.29) is 18.4 Å². The Morgan fingerprint density at radius 3 is 2.26 bits per heavy atom. The zero-order valence-corrected chi connectivity index (χ0v) is 19.4. The van der Waals surface area contributed by atoms with E-state index in [1.165, 1.54) is 0 Å². The molecule has 2 amide bonds. The van der Waals surface area contributed by atoms with Crippen LogP contribution in [0.1, 0.15) is 18.9 Å². The van der Waals surface area contributed by atoms with Gasteiger partial charge in [0.2, 0.25) is 11.8 Å². The van der Waals surface area contributed by atoms with Crippen LogP contribution < -0.4 is 20.7 Å². The number of rotatable bonds is 13. The number of benzene rings is 3. The first kappa shape index (κ1) is 24.8. The molecule has 3 aromatic rings. The van der Waals surface area contributed by atoms with Crippen molar-refractivity contribution in [1.82, 2.24) is 0 Å². The summed E-state index contributed by atoms with van der Waals surface area (Å²) in [5.74, 6) is 0.423. The molecule has 0 spiro atoms. The lowest BCUT2D eigenvalue weighted by molar-refractivity contribution is -0.116. The van der Waals surface area contributed by atoms with Crippen molar-refractivity contribution in [3.63, 3.8) is 0 Å². The smallest absolute Gasteiger partial charge is 0.243 e. The molecule has 0 aromatic heterocycles. The number of carbonyl (C=O) groups excluding carboxylic acids is 2. The van der Waals surface area contributed by atoms with Crippen LogP contribution in [0.5, 0.6) is 5.75 Å². The maximum Gasteiger partial charge on any atom is 0.243 e. The minimum absolute atomic E-state index is 0.0536. The molecule has 178 valence electrons. The number of aryl methyl sites for hydroxylation is 1. The van der Waals surface area contributed by atoms with Crippen molar-refractivity contribution in [3.05, 3.63) is 84.4 Å². The molecule has 7 heteroatoms. The molecule has 0 bridgehead atoms. The molecule has 3 aromatic carbocycles. The van der Waals surface area contributed by atoms with Gasteiger partial charge in [0, 0.05) is 36.2 Å². The van der Waals surface area contributed by atoms with Crippen LogP contribution in [0.4, 0.5) is 17.1 Å². The van der Waals surface area contributed by atoms with E-state index in [2.05, 4.69) is 16.0 Å². The third kappa shape index (κ3) is 8.96. The van der Waals surface area contributed by atoms with Crippen molar-refractivity contribution in [2.24, 2.45) is 0 Å². The average Bonchev–Trinajstić information content (AvgIpc) is 2.85. The predicted octanol–water partition coefficient (Wildman–Crippen LogP) is 4.72. The molecule has 0 saturated carbocycles. The van der Waals surface area contributed by atoms with Gasteiger partial charge in [-0.25, -0.2) is 0 Å². The summed E-state index contributed by atoms with van der Waals surface area (Å²) in [4.78, 5) is 24.7. The Morgan fingerprint density at radius 2 is 1.47 bits per heavy atom. The lowest BCUT2D eigenvalue weighted by Crippen LogP contribution is -2.21. The number of ether oxygens (including phenoxy) is 2. The van der Waals surface area contributed by atoms with E-state index in [1.807, 2.05) is 67.6 Å². The molecule has 3 N–H and O–H groups in total. The third-order valence-electron chi connectivity index (χ3n) is 4.90. The van der Waals surface area contributed by atoms with E-state index in [0.29, 0.717) is 49.8 Å². The average molecular weight is 462 g/mol. The van der Waals surface area contributed by atoms with Crippen LogP contribution in [0.25, 0.3) is 0 Å². The quantitative estimate of drug-likeness (QED) is 0.321. The van der Waals surface area contributed by atoms with Gasteiger partial charge in [-0.3, -0.25) is 9.59 Å². The molecule has 7 nitrogen and oxygen atoms in total. The Balaban J connectivity index is 1.43. The van der Waals surface area contributed by atoms with E-state index in [0.717, 1.165) is 11.3 Å². The Morgan fingerprint density at radius 1 is 0.765 bits per heavy atom. The standard InChI is InChI=1S/C27H31N3O4/c1-2-33-16-17-34-25-13-7-12-24(19-25)30-27(32)20-28-22-10-6-11-23(18-22)29-26(31)15-14-21-8-4-3-5-9-21/h3-13,18-19,28H,2,14-17,20H2,1H3,(H,29,31)(H,30,32). The van der Waals surface area contributed by atoms with Crippen LogP contribution in [0.15, 0.2) is 78.9 Å². The van der Waals surface area contributed by atoms with Crippen LogP contribution in [0, 0.1) is 0 Å². The van der Waals surface area contributed by atoms with Crippen LogP contribution in [0.2, 0.25) is 0 Å². The number of amides is 2. The van der Waals surface area contributed by atoms with Gasteiger partial charge in [-0.2, -0.15) is 0 Å². The van der Waals surface area contributed by atoms with Gasteiger partial charge in [0.05, 0.1) is 13.2 Å². The molecule has 0 saturated heterocycles. The second-order valence-corrected chi connectivity index (χ2v) is 7.59. The molecule has 0 aliphatic heterocycles. The number of hydrogen-bond donors (Lipinski definition) is 3. The number of nitrogens with one attached hydrogen (secondary N) is 3. The van der Waals surface area contributed by atoms with Gasteiger partial charge < -0.3 is 25.4 Å². The predicted molar refractivity (Wildman–Crippen MR) is 135 cm³/mol. The van der Waals surface area contributed by atoms with Gasteiger partial charge in [0.15, 0.2) is 0 Å². The molecule has 0 heterocycles. The van der Waals surface area contributed by atoms with Crippen LogP contribution >= 0.6 is 0 Å². The van der Waals surface area contributed by atoms with Crippen molar-refractivity contribution in [3.8, 4) is 5.75 Å². The van der Waals surface area contributed by atoms with Crippen LogP contribution in [0.3, 0.4) is 0 Å². The van der Waals surface area contributed by atoms with Crippen molar-refractivity contribution >= 4 is 28.9 Å². The maximum absolute atomic E-state index is 12.4. The van der Waals surface area contributed by atoms with Gasteiger partial charge in [-0.15, -0.1) is 0 Å². The minimum atomic E-state index is -0.191. The molecule has 0 aliphatic carbocycles. The summed E-state index contributed by atoms with van der Waals surface area (Å²) in [7, 11) is 0. The Labute approximate surface area is 200 Å². The molecule has 0 aliphatic rings. The molecular formula is C27H31N3O4. The van der Waals surface area contributed by atoms with Gasteiger partial charge in [0.1, 0.15) is 12.4 Å². The summed E-state index contributed by atoms with van der Waals surface area (Å²) in [5.41, 5.74) is 3.20. The molecule has 0 radical (unpaired) electrons. The second-order valence-electron chi connectivity index (χ2n) is 7.59. The lowest BCUT2D eigenvalue weighted by Gasteiger charge is -2.11. The van der Waals surface area contributed by atoms with Crippen LogP contribution in [-0.4, -0.2) is 38.2 Å². The summed E-state index contributed by atoms with van der Waals surface area (Å²) in [6, 6.07) is 24.4. The van der Waals surface area contributed by atoms with Gasteiger partial charge >= 0.3 is 0 Å². The highest BCUT2D eigenvalue weighted by Crippen LogP contribution is 2.18. The molecule has 34 heavy (non-hydrogen) atoms. The van der Waals surface area contributed by atoms with Crippen molar-refractivity contribution in [2.75, 3.05) is 42.3 Å². The lowest BCUT2D eigenvalue weighted by atomic mass is 10.1. The van der Waals surface area contributed by atoms with Gasteiger partial charge in [-0.1, -0.05) is 42.5 Å². The third-order valence-corrected chi connectivity index (χ3v) is 4.90. The van der Waals surface area contributed by atoms with Crippen molar-refractivity contribution in [2.45, 2.75) is 19.8 Å². The summed E-state index contributed by atoms with van der Waals surface area (Å²) in [6.45, 7) is 3.63. The Kier molecular flexibility index (Phi) is 9.95. The summed E-state index contributed by atoms with van der Waals surface area (Å²) in [5, 5.41) is 8.85. The summed E-state index contributed by atoms with van der Waals surface area (Å²) >= 11 is 0. The fourth-order valence-electron chi connectivity index (χ4n) is 3.25. The van der Waals surface area contributed by atoms with Gasteiger partial charge in [-0.05, 0) is 49.2 Å². The van der Waals surface area contributed by atoms with E-state index in [4.69, 9.17) is 9.47 Å². The number of hydrogen-bond acceptors (Lipinski definition) is 5. The number of carbonyl (C=O) groups is 2. The molecule has 0 fully saturated rings. The second kappa shape index (κ2) is 13.6. The minimum Gasteiger partial charge on any atom is -0.491 e. The maximum atomic E-state index is 12.4. The molecular weight excluding hydrogens is 430 g/mol. The van der Waals surface area contributed by atoms with Gasteiger partial charge in [0.25, 0.3) is 0 Å². The van der Waals surface area contributed by atoms with E-state index < -0.39 is 0 Å². The highest BCUT2D eigenvalue weighted by Gasteiger charge is 2.06. The normalized spacial score (nSPS) is 10.4. The largest absolute Gasteiger partial charge is 0.491 e. The fraction of sp³-hybridized carbons (Fsp3) is 0.259. The molecule has 0 atom stereocenters. The first-order valence-corrected chi connectivity index (χ1v) is 11.4. The zero-order valence-electron chi connectivity index (χ0n) is 19.4. The van der Waals surface area contributed by atoms with E-state index in [9.17, 15) is 9.59 Å². The Hall–Kier alpha value is -3.84. The van der Waals surface area contributed by atoms with E-state index in [1.54, 1.807) is 18.2 Å². The molecule has 0 unspecified atom stereocenters. The summed E-state index contributed by atoms with van der Waals surface area (Å²) < 4.78 is 10.9. The fourth-order valence-corrected chi connectivity index (χ4v) is 3.25. The number of anilines is 3. The van der Waals surface area contributed by atoms with Crippen LogP contribution in [-0.2, 0) is 20.7 Å². The van der Waals surface area contributed by atoms with Crippen molar-refractivity contribution < 1.29 is 19.1 Å². The highest BCUT2D eigenvalue weighted by atomic mass is 16.5. The van der Waals surface area contributed by atoms with E-state index >= 15 is 0 Å². The first-order chi connectivity index (χ1) is 16.6. The topological polar surface area (TPSA) is 88.7 Å². The van der Waals surface area contributed by atoms with Crippen molar-refractivity contribution in [1.29, 1.82) is 0 Å². The molecule has 3 rings (SSSR count).